The standard InChI is InChI=1S/C10H13ClN2O/c1-8-7-9(2)13(10(14)12-8)6-4-3-5-11/h3-4,7H,5-6H2,1-2H3. The van der Waals surface area contributed by atoms with E-state index in [-0.39, 0.29) is 5.69 Å². The Morgan fingerprint density at radius 2 is 2.21 bits per heavy atom. The van der Waals surface area contributed by atoms with E-state index in [4.69, 9.17) is 11.6 Å². The van der Waals surface area contributed by atoms with Crippen LogP contribution in [0.1, 0.15) is 11.4 Å². The lowest BCUT2D eigenvalue weighted by Crippen LogP contribution is -2.25. The lowest BCUT2D eigenvalue weighted by atomic mass is 10.3. The van der Waals surface area contributed by atoms with Crippen LogP contribution in [0.3, 0.4) is 0 Å². The first-order valence-electron chi connectivity index (χ1n) is 4.41. The van der Waals surface area contributed by atoms with Crippen LogP contribution in [0, 0.1) is 13.8 Å². The molecule has 0 spiro atoms. The fraction of sp³-hybridized carbons (Fsp3) is 0.400. The molecule has 0 saturated carbocycles. The molecule has 0 unspecified atom stereocenters. The van der Waals surface area contributed by atoms with Crippen LogP contribution in [-0.2, 0) is 6.54 Å². The zero-order chi connectivity index (χ0) is 10.6. The molecule has 14 heavy (non-hydrogen) atoms. The predicted octanol–water partition coefficient (Wildman–Crippen LogP) is 1.66. The molecule has 0 N–H and O–H groups in total. The lowest BCUT2D eigenvalue weighted by Gasteiger charge is -2.06. The molecule has 0 aliphatic heterocycles. The second-order valence-electron chi connectivity index (χ2n) is 3.06. The number of hydrogen-bond acceptors (Lipinski definition) is 2. The van der Waals surface area contributed by atoms with E-state index in [0.717, 1.165) is 11.4 Å². The van der Waals surface area contributed by atoms with Crippen LogP contribution in [0.15, 0.2) is 23.0 Å². The van der Waals surface area contributed by atoms with Crippen LogP contribution in [-0.4, -0.2) is 15.4 Å². The van der Waals surface area contributed by atoms with Crippen molar-refractivity contribution in [1.29, 1.82) is 0 Å². The minimum absolute atomic E-state index is 0.207. The van der Waals surface area contributed by atoms with Gasteiger partial charge in [-0.05, 0) is 19.9 Å². The zero-order valence-electron chi connectivity index (χ0n) is 8.33. The summed E-state index contributed by atoms with van der Waals surface area (Å²) >= 11 is 5.48. The first-order chi connectivity index (χ1) is 6.65. The van der Waals surface area contributed by atoms with Crippen molar-refractivity contribution < 1.29 is 0 Å². The molecule has 0 fully saturated rings. The molecule has 0 atom stereocenters. The molecule has 3 nitrogen and oxygen atoms in total. The summed E-state index contributed by atoms with van der Waals surface area (Å²) in [6.07, 6.45) is 3.67. The molecule has 1 rings (SSSR count). The molecular weight excluding hydrogens is 200 g/mol. The van der Waals surface area contributed by atoms with Gasteiger partial charge in [-0.3, -0.25) is 4.57 Å². The van der Waals surface area contributed by atoms with Gasteiger partial charge in [0.2, 0.25) is 0 Å². The summed E-state index contributed by atoms with van der Waals surface area (Å²) in [6, 6.07) is 1.88. The minimum Gasteiger partial charge on any atom is -0.293 e. The van der Waals surface area contributed by atoms with Crippen molar-refractivity contribution in [2.45, 2.75) is 20.4 Å². The number of nitrogens with zero attached hydrogens (tertiary/aromatic N) is 2. The second-order valence-corrected chi connectivity index (χ2v) is 3.37. The fourth-order valence-electron chi connectivity index (χ4n) is 1.24. The van der Waals surface area contributed by atoms with Gasteiger partial charge in [0, 0.05) is 23.8 Å². The third kappa shape index (κ3) is 2.70. The van der Waals surface area contributed by atoms with E-state index in [1.165, 1.54) is 0 Å². The summed E-state index contributed by atoms with van der Waals surface area (Å²) < 4.78 is 1.61. The van der Waals surface area contributed by atoms with E-state index in [0.29, 0.717) is 12.4 Å². The maximum absolute atomic E-state index is 11.4. The average Bonchev–Trinajstić information content (AvgIpc) is 2.09. The van der Waals surface area contributed by atoms with E-state index < -0.39 is 0 Å². The van der Waals surface area contributed by atoms with Gasteiger partial charge in [-0.25, -0.2) is 4.79 Å². The van der Waals surface area contributed by atoms with Gasteiger partial charge >= 0.3 is 5.69 Å². The highest BCUT2D eigenvalue weighted by molar-refractivity contribution is 6.18. The number of hydrogen-bond donors (Lipinski definition) is 0. The van der Waals surface area contributed by atoms with Crippen LogP contribution in [0.4, 0.5) is 0 Å². The molecule has 0 saturated heterocycles. The molecule has 0 aliphatic carbocycles. The number of aromatic nitrogens is 2. The number of allylic oxidation sites excluding steroid dienone is 2. The summed E-state index contributed by atoms with van der Waals surface area (Å²) in [4.78, 5) is 15.3. The quantitative estimate of drug-likeness (QED) is 0.564. The Hall–Kier alpha value is -1.09. The van der Waals surface area contributed by atoms with E-state index in [1.807, 2.05) is 32.1 Å². The molecule has 0 aliphatic rings. The number of rotatable bonds is 3. The predicted molar refractivity (Wildman–Crippen MR) is 57.8 cm³/mol. The maximum atomic E-state index is 11.4. The lowest BCUT2D eigenvalue weighted by molar-refractivity contribution is 0.707. The Bertz CT molecular complexity index is 396. The van der Waals surface area contributed by atoms with Crippen molar-refractivity contribution in [3.63, 3.8) is 0 Å². The summed E-state index contributed by atoms with van der Waals surface area (Å²) in [6.45, 7) is 4.24. The molecule has 0 radical (unpaired) electrons. The van der Waals surface area contributed by atoms with Crippen molar-refractivity contribution in [2.75, 3.05) is 5.88 Å². The Morgan fingerprint density at radius 3 is 2.79 bits per heavy atom. The third-order valence-corrected chi connectivity index (χ3v) is 2.07. The Balaban J connectivity index is 2.97. The molecule has 1 heterocycles. The highest BCUT2D eigenvalue weighted by Gasteiger charge is 1.99. The van der Waals surface area contributed by atoms with Crippen molar-refractivity contribution in [3.8, 4) is 0 Å². The Labute approximate surface area is 88.0 Å². The van der Waals surface area contributed by atoms with Gasteiger partial charge in [0.05, 0.1) is 0 Å². The monoisotopic (exact) mass is 212 g/mol. The van der Waals surface area contributed by atoms with Gasteiger partial charge in [-0.1, -0.05) is 12.2 Å². The number of aryl methyl sites for hydroxylation is 2. The topological polar surface area (TPSA) is 34.9 Å². The van der Waals surface area contributed by atoms with Gasteiger partial charge in [-0.15, -0.1) is 11.6 Å². The van der Waals surface area contributed by atoms with Crippen LogP contribution in [0.25, 0.3) is 0 Å². The van der Waals surface area contributed by atoms with Crippen molar-refractivity contribution >= 4 is 11.6 Å². The smallest absolute Gasteiger partial charge is 0.293 e. The maximum Gasteiger partial charge on any atom is 0.348 e. The third-order valence-electron chi connectivity index (χ3n) is 1.89. The zero-order valence-corrected chi connectivity index (χ0v) is 9.08. The molecule has 1 aromatic heterocycles. The van der Waals surface area contributed by atoms with Gasteiger partial charge in [-0.2, -0.15) is 4.98 Å². The van der Waals surface area contributed by atoms with E-state index in [9.17, 15) is 4.79 Å². The summed E-state index contributed by atoms with van der Waals surface area (Å²) in [5.41, 5.74) is 1.47. The molecule has 0 amide bonds. The normalized spacial score (nSPS) is 11.1. The summed E-state index contributed by atoms with van der Waals surface area (Å²) in [5, 5.41) is 0. The average molecular weight is 213 g/mol. The van der Waals surface area contributed by atoms with Gasteiger partial charge in [0.25, 0.3) is 0 Å². The van der Waals surface area contributed by atoms with Crippen LogP contribution in [0.5, 0.6) is 0 Å². The van der Waals surface area contributed by atoms with Crippen LogP contribution >= 0.6 is 11.6 Å². The molecule has 0 bridgehead atoms. The van der Waals surface area contributed by atoms with E-state index in [2.05, 4.69) is 4.98 Å². The van der Waals surface area contributed by atoms with Gasteiger partial charge in [0.1, 0.15) is 0 Å². The number of halogens is 1. The summed E-state index contributed by atoms with van der Waals surface area (Å²) in [5.74, 6) is 0.465. The minimum atomic E-state index is -0.207. The van der Waals surface area contributed by atoms with Crippen molar-refractivity contribution in [2.24, 2.45) is 0 Å². The molecule has 4 heteroatoms. The Kier molecular flexibility index (Phi) is 3.89. The van der Waals surface area contributed by atoms with E-state index in [1.54, 1.807) is 4.57 Å². The second kappa shape index (κ2) is 4.96. The SMILES string of the molecule is Cc1cc(C)n(CC=CCCl)c(=O)n1. The van der Waals surface area contributed by atoms with E-state index >= 15 is 0 Å². The largest absolute Gasteiger partial charge is 0.348 e. The van der Waals surface area contributed by atoms with Crippen molar-refractivity contribution in [1.82, 2.24) is 9.55 Å². The van der Waals surface area contributed by atoms with Gasteiger partial charge in [0.15, 0.2) is 0 Å². The fourth-order valence-corrected chi connectivity index (χ4v) is 1.37. The summed E-state index contributed by atoms with van der Waals surface area (Å²) in [7, 11) is 0. The van der Waals surface area contributed by atoms with Crippen LogP contribution in [0.2, 0.25) is 0 Å². The first-order valence-corrected chi connectivity index (χ1v) is 4.94. The Morgan fingerprint density at radius 1 is 1.50 bits per heavy atom. The first kappa shape index (κ1) is 11.0. The molecule has 0 aromatic carbocycles. The van der Waals surface area contributed by atoms with Gasteiger partial charge < -0.3 is 0 Å². The molecule has 76 valence electrons. The number of alkyl halides is 1. The highest BCUT2D eigenvalue weighted by Crippen LogP contribution is 1.96. The highest BCUT2D eigenvalue weighted by atomic mass is 35.5. The molecular formula is C10H13ClN2O. The van der Waals surface area contributed by atoms with Crippen LogP contribution < -0.4 is 5.69 Å². The van der Waals surface area contributed by atoms with Crippen molar-refractivity contribution in [3.05, 3.63) is 40.1 Å². The molecule has 1 aromatic rings.